The molecule has 0 radical (unpaired) electrons. The molecule has 34 heavy (non-hydrogen) atoms. The average molecular weight is 490 g/mol. The third kappa shape index (κ3) is 4.64. The highest BCUT2D eigenvalue weighted by Gasteiger charge is 2.18. The van der Waals surface area contributed by atoms with Crippen molar-refractivity contribution in [3.8, 4) is 28.1 Å². The Balaban J connectivity index is 1.47. The van der Waals surface area contributed by atoms with Crippen LogP contribution in [0.25, 0.3) is 28.0 Å². The van der Waals surface area contributed by atoms with Crippen LogP contribution in [-0.4, -0.2) is 21.7 Å². The molecule has 0 atom stereocenters. The van der Waals surface area contributed by atoms with Gasteiger partial charge >= 0.3 is 0 Å². The van der Waals surface area contributed by atoms with E-state index in [1.165, 1.54) is 0 Å². The van der Waals surface area contributed by atoms with Gasteiger partial charge in [-0.1, -0.05) is 47.5 Å². The highest BCUT2D eigenvalue weighted by atomic mass is 35.5. The highest BCUT2D eigenvalue weighted by molar-refractivity contribution is 6.30. The van der Waals surface area contributed by atoms with Gasteiger partial charge in [0.1, 0.15) is 12.4 Å². The van der Waals surface area contributed by atoms with Crippen LogP contribution < -0.4 is 4.74 Å². The number of methoxy groups -OCH3 is 1. The number of benzene rings is 3. The van der Waals surface area contributed by atoms with Gasteiger partial charge in [0.25, 0.3) is 0 Å². The van der Waals surface area contributed by atoms with Crippen LogP contribution in [0.15, 0.2) is 85.1 Å². The lowest BCUT2D eigenvalue weighted by molar-refractivity contribution is 0.181. The molecule has 7 heteroatoms. The van der Waals surface area contributed by atoms with Gasteiger partial charge in [-0.3, -0.25) is 0 Å². The number of hydrogen-bond acceptors (Lipinski definition) is 4. The summed E-state index contributed by atoms with van der Waals surface area (Å²) in [5, 5.41) is 6.23. The molecule has 0 N–H and O–H groups in total. The normalized spacial score (nSPS) is 11.1. The molecular formula is C27H21Cl2N3O2. The lowest BCUT2D eigenvalue weighted by Gasteiger charge is -2.09. The molecule has 0 aliphatic carbocycles. The highest BCUT2D eigenvalue weighted by Crippen LogP contribution is 2.32. The van der Waals surface area contributed by atoms with Gasteiger partial charge < -0.3 is 9.47 Å². The van der Waals surface area contributed by atoms with E-state index < -0.39 is 0 Å². The van der Waals surface area contributed by atoms with Crippen molar-refractivity contribution in [3.63, 3.8) is 0 Å². The molecule has 0 amide bonds. The lowest BCUT2D eigenvalue weighted by atomic mass is 10.1. The number of rotatable bonds is 7. The number of nitrogens with zero attached hydrogens (tertiary/aromatic N) is 3. The summed E-state index contributed by atoms with van der Waals surface area (Å²) in [5.74, 6) is 0.784. The van der Waals surface area contributed by atoms with Crippen LogP contribution in [0.5, 0.6) is 5.75 Å². The van der Waals surface area contributed by atoms with Gasteiger partial charge in [0.15, 0.2) is 5.65 Å². The van der Waals surface area contributed by atoms with Crippen LogP contribution in [0.4, 0.5) is 0 Å². The van der Waals surface area contributed by atoms with Crippen LogP contribution in [0, 0.1) is 0 Å². The molecule has 3 aromatic carbocycles. The summed E-state index contributed by atoms with van der Waals surface area (Å²) < 4.78 is 13.2. The van der Waals surface area contributed by atoms with E-state index in [0.717, 1.165) is 45.0 Å². The SMILES string of the molecule is COCc1nn2c(-c3ccc(OCc4ccc(Cl)cc4)cc3)ccnc2c1-c1ccc(Cl)cc1. The quantitative estimate of drug-likeness (QED) is 0.244. The summed E-state index contributed by atoms with van der Waals surface area (Å²) in [6.45, 7) is 0.845. The summed E-state index contributed by atoms with van der Waals surface area (Å²) >= 11 is 12.0. The minimum absolute atomic E-state index is 0.373. The van der Waals surface area contributed by atoms with E-state index in [1.54, 1.807) is 13.3 Å². The van der Waals surface area contributed by atoms with Crippen molar-refractivity contribution in [2.45, 2.75) is 13.2 Å². The molecule has 0 aliphatic rings. The second kappa shape index (κ2) is 9.85. The molecule has 0 saturated carbocycles. The van der Waals surface area contributed by atoms with Gasteiger partial charge in [0.05, 0.1) is 23.6 Å². The predicted octanol–water partition coefficient (Wildman–Crippen LogP) is 7.10. The molecule has 0 fully saturated rings. The fourth-order valence-corrected chi connectivity index (χ4v) is 4.08. The third-order valence-corrected chi connectivity index (χ3v) is 5.98. The van der Waals surface area contributed by atoms with Crippen molar-refractivity contribution in [1.29, 1.82) is 0 Å². The van der Waals surface area contributed by atoms with E-state index in [9.17, 15) is 0 Å². The number of ether oxygens (including phenoxy) is 2. The van der Waals surface area contributed by atoms with Crippen LogP contribution >= 0.6 is 23.2 Å². The molecular weight excluding hydrogens is 469 g/mol. The van der Waals surface area contributed by atoms with E-state index in [2.05, 4.69) is 4.98 Å². The Kier molecular flexibility index (Phi) is 6.50. The van der Waals surface area contributed by atoms with Crippen LogP contribution in [0.3, 0.4) is 0 Å². The van der Waals surface area contributed by atoms with Gasteiger partial charge in [-0.25, -0.2) is 9.50 Å². The molecule has 0 saturated heterocycles. The third-order valence-electron chi connectivity index (χ3n) is 5.47. The van der Waals surface area contributed by atoms with E-state index in [0.29, 0.717) is 23.3 Å². The molecule has 0 bridgehead atoms. The van der Waals surface area contributed by atoms with E-state index in [4.69, 9.17) is 37.8 Å². The zero-order chi connectivity index (χ0) is 23.5. The molecule has 2 heterocycles. The molecule has 5 aromatic rings. The fourth-order valence-electron chi connectivity index (χ4n) is 3.83. The second-order valence-corrected chi connectivity index (χ2v) is 8.64. The number of fused-ring (bicyclic) bond motifs is 1. The minimum Gasteiger partial charge on any atom is -0.489 e. The molecule has 0 aliphatic heterocycles. The molecule has 0 unspecified atom stereocenters. The summed E-state index contributed by atoms with van der Waals surface area (Å²) in [6, 6.07) is 25.2. The van der Waals surface area contributed by atoms with Crippen molar-refractivity contribution in [3.05, 3.63) is 106 Å². The Labute approximate surface area is 207 Å². The molecule has 170 valence electrons. The Bertz CT molecular complexity index is 1410. The Morgan fingerprint density at radius 1 is 0.765 bits per heavy atom. The van der Waals surface area contributed by atoms with E-state index in [1.807, 2.05) is 83.4 Å². The first kappa shape index (κ1) is 22.4. The first-order valence-corrected chi connectivity index (χ1v) is 11.5. The van der Waals surface area contributed by atoms with Gasteiger partial charge in [-0.05, 0) is 65.7 Å². The van der Waals surface area contributed by atoms with E-state index in [-0.39, 0.29) is 0 Å². The van der Waals surface area contributed by atoms with Gasteiger partial charge in [0, 0.05) is 28.9 Å². The second-order valence-electron chi connectivity index (χ2n) is 7.77. The van der Waals surface area contributed by atoms with Crippen LogP contribution in [0.2, 0.25) is 10.0 Å². The molecule has 5 rings (SSSR count). The topological polar surface area (TPSA) is 48.7 Å². The van der Waals surface area contributed by atoms with Crippen molar-refractivity contribution in [2.24, 2.45) is 0 Å². The van der Waals surface area contributed by atoms with Crippen molar-refractivity contribution in [2.75, 3.05) is 7.11 Å². The minimum atomic E-state index is 0.373. The number of halogens is 2. The van der Waals surface area contributed by atoms with Crippen LogP contribution in [0.1, 0.15) is 11.3 Å². The van der Waals surface area contributed by atoms with E-state index >= 15 is 0 Å². The standard InChI is InChI=1S/C27H21Cl2N3O2/c1-33-17-24-26(20-4-10-22(29)11-5-20)27-30-15-14-25(32(27)31-24)19-6-12-23(13-7-19)34-16-18-2-8-21(28)9-3-18/h2-15H,16-17H2,1H3. The largest absolute Gasteiger partial charge is 0.489 e. The zero-order valence-electron chi connectivity index (χ0n) is 18.4. The Morgan fingerprint density at radius 3 is 2.09 bits per heavy atom. The maximum atomic E-state index is 6.10. The van der Waals surface area contributed by atoms with Crippen molar-refractivity contribution >= 4 is 28.8 Å². The smallest absolute Gasteiger partial charge is 0.163 e. The summed E-state index contributed by atoms with van der Waals surface area (Å²) in [6.07, 6.45) is 1.80. The molecule has 5 nitrogen and oxygen atoms in total. The van der Waals surface area contributed by atoms with Gasteiger partial charge in [0.2, 0.25) is 0 Å². The Morgan fingerprint density at radius 2 is 1.41 bits per heavy atom. The number of aromatic nitrogens is 3. The Hall–Kier alpha value is -3.38. The van der Waals surface area contributed by atoms with Gasteiger partial charge in [-0.15, -0.1) is 0 Å². The fraction of sp³-hybridized carbons (Fsp3) is 0.111. The maximum absolute atomic E-state index is 6.10. The van der Waals surface area contributed by atoms with Crippen molar-refractivity contribution < 1.29 is 9.47 Å². The summed E-state index contributed by atoms with van der Waals surface area (Å²) in [4.78, 5) is 4.63. The summed E-state index contributed by atoms with van der Waals surface area (Å²) in [5.41, 5.74) is 6.47. The maximum Gasteiger partial charge on any atom is 0.163 e. The molecule has 2 aromatic heterocycles. The predicted molar refractivity (Wildman–Crippen MR) is 135 cm³/mol. The van der Waals surface area contributed by atoms with Crippen molar-refractivity contribution in [1.82, 2.24) is 14.6 Å². The monoisotopic (exact) mass is 489 g/mol. The summed E-state index contributed by atoms with van der Waals surface area (Å²) in [7, 11) is 1.66. The average Bonchev–Trinajstić information content (AvgIpc) is 3.23. The lowest BCUT2D eigenvalue weighted by Crippen LogP contribution is -1.97. The first-order chi connectivity index (χ1) is 16.6. The zero-order valence-corrected chi connectivity index (χ0v) is 19.9. The first-order valence-electron chi connectivity index (χ1n) is 10.7. The number of hydrogen-bond donors (Lipinski definition) is 0. The molecule has 0 spiro atoms. The van der Waals surface area contributed by atoms with Crippen LogP contribution in [-0.2, 0) is 18.0 Å². The van der Waals surface area contributed by atoms with Gasteiger partial charge in [-0.2, -0.15) is 5.10 Å².